The molecule has 38 heavy (non-hydrogen) atoms. The molecule has 11 nitrogen and oxygen atoms in total. The van der Waals surface area contributed by atoms with Crippen LogP contribution in [-0.2, 0) is 4.79 Å². The minimum Gasteiger partial charge on any atom is -0.383 e. The first-order chi connectivity index (χ1) is 18.5. The van der Waals surface area contributed by atoms with Crippen molar-refractivity contribution in [2.45, 2.75) is 25.8 Å². The monoisotopic (exact) mass is 505 g/mol. The van der Waals surface area contributed by atoms with Gasteiger partial charge in [-0.3, -0.25) is 9.59 Å². The number of aromatic nitrogens is 5. The molecule has 3 aromatic heterocycles. The Bertz CT molecular complexity index is 1640. The Morgan fingerprint density at radius 3 is 2.74 bits per heavy atom. The third-order valence-electron chi connectivity index (χ3n) is 6.33. The first-order valence-electron chi connectivity index (χ1n) is 12.0. The number of anilines is 2. The van der Waals surface area contributed by atoms with Crippen molar-refractivity contribution in [2.75, 3.05) is 24.1 Å². The molecule has 0 saturated carbocycles. The fraction of sp³-hybridized carbons (Fsp3) is 0.222. The standard InChI is InChI=1S/C27H23N9O2/c1-2-4-22(37)35-12-3-5-20(15-35)36-26-23(25(29)31-16-32-26)24(34-36)18-6-8-19(9-7-18)27(38)33-21-13-17(14-28)10-11-30-21/h6-11,13,16,20H,3,5,12,15H2,1H3,(H2,29,31,32)(H,30,33,38). The smallest absolute Gasteiger partial charge is 0.298 e. The molecule has 1 unspecified atom stereocenters. The second-order valence-electron chi connectivity index (χ2n) is 8.75. The van der Waals surface area contributed by atoms with Gasteiger partial charge >= 0.3 is 0 Å². The first-order valence-corrected chi connectivity index (χ1v) is 12.0. The maximum absolute atomic E-state index is 12.7. The minimum atomic E-state index is -0.362. The van der Waals surface area contributed by atoms with Crippen LogP contribution >= 0.6 is 0 Å². The SMILES string of the molecule is CC#CC(=O)N1CCCC(n2nc(-c3ccc(C(=O)Nc4cc(C#N)ccn4)cc3)c3c(N)ncnc32)C1. The molecule has 188 valence electrons. The van der Waals surface area contributed by atoms with E-state index in [0.717, 1.165) is 18.4 Å². The van der Waals surface area contributed by atoms with Crippen LogP contribution < -0.4 is 11.1 Å². The molecule has 0 bridgehead atoms. The van der Waals surface area contributed by atoms with E-state index in [4.69, 9.17) is 16.1 Å². The zero-order chi connectivity index (χ0) is 26.6. The van der Waals surface area contributed by atoms with Crippen LogP contribution in [0.1, 0.15) is 41.7 Å². The summed E-state index contributed by atoms with van der Waals surface area (Å²) in [6.45, 7) is 2.76. The number of rotatable bonds is 4. The lowest BCUT2D eigenvalue weighted by molar-refractivity contribution is -0.126. The molecule has 0 aliphatic carbocycles. The van der Waals surface area contributed by atoms with E-state index in [-0.39, 0.29) is 23.7 Å². The number of nitrogen functional groups attached to an aromatic ring is 1. The fourth-order valence-corrected chi connectivity index (χ4v) is 4.51. The van der Waals surface area contributed by atoms with Crippen LogP contribution in [0.2, 0.25) is 0 Å². The van der Waals surface area contributed by atoms with Gasteiger partial charge in [0.15, 0.2) is 5.65 Å². The van der Waals surface area contributed by atoms with Gasteiger partial charge in [-0.1, -0.05) is 18.1 Å². The summed E-state index contributed by atoms with van der Waals surface area (Å²) in [6.07, 6.45) is 4.50. The number of benzene rings is 1. The Hall–Kier alpha value is -5.29. The molecule has 4 aromatic rings. The lowest BCUT2D eigenvalue weighted by Gasteiger charge is -2.31. The zero-order valence-corrected chi connectivity index (χ0v) is 20.5. The number of pyridine rings is 1. The summed E-state index contributed by atoms with van der Waals surface area (Å²) in [5.41, 5.74) is 8.97. The van der Waals surface area contributed by atoms with Crippen LogP contribution in [-0.4, -0.2) is 54.5 Å². The highest BCUT2D eigenvalue weighted by Crippen LogP contribution is 2.33. The molecule has 5 rings (SSSR count). The van der Waals surface area contributed by atoms with Gasteiger partial charge in [0.05, 0.1) is 23.1 Å². The summed E-state index contributed by atoms with van der Waals surface area (Å²) in [7, 11) is 0. The summed E-state index contributed by atoms with van der Waals surface area (Å²) in [5, 5.41) is 17.2. The molecule has 4 heterocycles. The van der Waals surface area contributed by atoms with Gasteiger partial charge in [0.25, 0.3) is 11.8 Å². The fourth-order valence-electron chi connectivity index (χ4n) is 4.51. The highest BCUT2D eigenvalue weighted by molar-refractivity contribution is 6.04. The highest BCUT2D eigenvalue weighted by atomic mass is 16.2. The van der Waals surface area contributed by atoms with Gasteiger partial charge in [-0.05, 0) is 50.0 Å². The minimum absolute atomic E-state index is 0.0985. The number of likely N-dealkylation sites (tertiary alicyclic amines) is 1. The van der Waals surface area contributed by atoms with Crippen molar-refractivity contribution in [2.24, 2.45) is 0 Å². The van der Waals surface area contributed by atoms with E-state index in [1.54, 1.807) is 42.2 Å². The number of nitrogens with zero attached hydrogens (tertiary/aromatic N) is 7. The van der Waals surface area contributed by atoms with Crippen molar-refractivity contribution in [3.05, 3.63) is 60.0 Å². The number of carbonyl (C=O) groups excluding carboxylic acids is 2. The van der Waals surface area contributed by atoms with Crippen molar-refractivity contribution in [3.8, 4) is 29.2 Å². The quantitative estimate of drug-likeness (QED) is 0.401. The predicted molar refractivity (Wildman–Crippen MR) is 140 cm³/mol. The van der Waals surface area contributed by atoms with E-state index in [1.807, 2.05) is 10.8 Å². The number of hydrogen-bond donors (Lipinski definition) is 2. The van der Waals surface area contributed by atoms with Gasteiger partial charge in [0.2, 0.25) is 0 Å². The van der Waals surface area contributed by atoms with Crippen molar-refractivity contribution >= 4 is 34.5 Å². The third-order valence-corrected chi connectivity index (χ3v) is 6.33. The molecule has 2 amide bonds. The number of carbonyl (C=O) groups is 2. The summed E-state index contributed by atoms with van der Waals surface area (Å²) < 4.78 is 1.82. The molecular formula is C27H23N9O2. The molecule has 0 spiro atoms. The number of nitriles is 1. The van der Waals surface area contributed by atoms with E-state index in [9.17, 15) is 9.59 Å². The summed E-state index contributed by atoms with van der Waals surface area (Å²) in [6, 6.07) is 11.9. The lowest BCUT2D eigenvalue weighted by atomic mass is 10.1. The van der Waals surface area contributed by atoms with Crippen LogP contribution in [0.15, 0.2) is 48.9 Å². The number of amides is 2. The first kappa shape index (κ1) is 24.4. The Kier molecular flexibility index (Phi) is 6.66. The largest absolute Gasteiger partial charge is 0.383 e. The molecule has 1 fully saturated rings. The Morgan fingerprint density at radius 2 is 1.97 bits per heavy atom. The summed E-state index contributed by atoms with van der Waals surface area (Å²) >= 11 is 0. The Labute approximate surface area is 218 Å². The molecule has 1 saturated heterocycles. The van der Waals surface area contributed by atoms with Gasteiger partial charge < -0.3 is 16.0 Å². The molecule has 11 heteroatoms. The van der Waals surface area contributed by atoms with Crippen molar-refractivity contribution in [1.29, 1.82) is 5.26 Å². The molecule has 1 aliphatic rings. The Balaban J connectivity index is 1.45. The summed E-state index contributed by atoms with van der Waals surface area (Å²) in [5.74, 6) is 5.30. The second-order valence-corrected chi connectivity index (χ2v) is 8.75. The molecule has 0 radical (unpaired) electrons. The van der Waals surface area contributed by atoms with E-state index in [2.05, 4.69) is 32.1 Å². The molecular weight excluding hydrogens is 482 g/mol. The van der Waals surface area contributed by atoms with Gasteiger partial charge in [-0.25, -0.2) is 19.6 Å². The van der Waals surface area contributed by atoms with Crippen molar-refractivity contribution in [3.63, 3.8) is 0 Å². The van der Waals surface area contributed by atoms with Gasteiger partial charge in [0, 0.05) is 30.4 Å². The van der Waals surface area contributed by atoms with E-state index >= 15 is 0 Å². The maximum atomic E-state index is 12.7. The average Bonchev–Trinajstić information content (AvgIpc) is 3.34. The van der Waals surface area contributed by atoms with Crippen molar-refractivity contribution < 1.29 is 9.59 Å². The molecule has 1 aromatic carbocycles. The third kappa shape index (κ3) is 4.73. The lowest BCUT2D eigenvalue weighted by Crippen LogP contribution is -2.40. The van der Waals surface area contributed by atoms with Crippen LogP contribution in [0.3, 0.4) is 0 Å². The maximum Gasteiger partial charge on any atom is 0.298 e. The summed E-state index contributed by atoms with van der Waals surface area (Å²) in [4.78, 5) is 39.6. The number of fused-ring (bicyclic) bond motifs is 1. The number of nitrogens with two attached hydrogens (primary N) is 1. The number of piperidine rings is 1. The Morgan fingerprint density at radius 1 is 1.16 bits per heavy atom. The van der Waals surface area contributed by atoms with Gasteiger partial charge in [-0.2, -0.15) is 10.4 Å². The predicted octanol–water partition coefficient (Wildman–Crippen LogP) is 2.78. The molecule has 1 atom stereocenters. The van der Waals surface area contributed by atoms with Crippen LogP contribution in [0, 0.1) is 23.2 Å². The van der Waals surface area contributed by atoms with E-state index in [1.165, 1.54) is 18.6 Å². The topological polar surface area (TPSA) is 156 Å². The van der Waals surface area contributed by atoms with E-state index < -0.39 is 0 Å². The number of hydrogen-bond acceptors (Lipinski definition) is 8. The van der Waals surface area contributed by atoms with Crippen molar-refractivity contribution in [1.82, 2.24) is 29.6 Å². The number of nitrogens with one attached hydrogen (secondary N) is 1. The molecule has 3 N–H and O–H groups in total. The normalized spacial score (nSPS) is 14.8. The van der Waals surface area contributed by atoms with Gasteiger partial charge in [-0.15, -0.1) is 0 Å². The van der Waals surface area contributed by atoms with Gasteiger partial charge in [0.1, 0.15) is 23.7 Å². The average molecular weight is 506 g/mol. The van der Waals surface area contributed by atoms with Crippen LogP contribution in [0.4, 0.5) is 11.6 Å². The van der Waals surface area contributed by atoms with Crippen LogP contribution in [0.25, 0.3) is 22.3 Å². The van der Waals surface area contributed by atoms with Crippen LogP contribution in [0.5, 0.6) is 0 Å². The second kappa shape index (κ2) is 10.4. The molecule has 1 aliphatic heterocycles. The van der Waals surface area contributed by atoms with E-state index in [0.29, 0.717) is 46.8 Å². The zero-order valence-electron chi connectivity index (χ0n) is 20.5. The highest BCUT2D eigenvalue weighted by Gasteiger charge is 2.28.